The predicted molar refractivity (Wildman–Crippen MR) is 102 cm³/mol. The molecule has 0 N–H and O–H groups in total. The summed E-state index contributed by atoms with van der Waals surface area (Å²) in [4.78, 5) is 26.7. The number of carbonyl (C=O) groups is 1. The van der Waals surface area contributed by atoms with Crippen molar-refractivity contribution in [2.75, 3.05) is 26.2 Å². The number of piperidine rings is 1. The van der Waals surface area contributed by atoms with E-state index in [-0.39, 0.29) is 5.41 Å². The number of hydrogen-bond acceptors (Lipinski definition) is 4. The van der Waals surface area contributed by atoms with Gasteiger partial charge in [-0.25, -0.2) is 9.97 Å². The number of hydrogen-bond donors (Lipinski definition) is 0. The van der Waals surface area contributed by atoms with Gasteiger partial charge in [-0.15, -0.1) is 0 Å². The lowest BCUT2D eigenvalue weighted by atomic mass is 9.78. The van der Waals surface area contributed by atoms with Crippen LogP contribution in [0.2, 0.25) is 0 Å². The molecular weight excluding hydrogens is 324 g/mol. The molecule has 1 aromatic rings. The first-order chi connectivity index (χ1) is 12.7. The van der Waals surface area contributed by atoms with Gasteiger partial charge in [0.15, 0.2) is 0 Å². The zero-order valence-corrected chi connectivity index (χ0v) is 16.1. The van der Waals surface area contributed by atoms with Gasteiger partial charge < -0.3 is 4.90 Å². The number of likely N-dealkylation sites (tertiary alicyclic amines) is 2. The molecule has 0 unspecified atom stereocenters. The Morgan fingerprint density at radius 1 is 1.08 bits per heavy atom. The third-order valence-electron chi connectivity index (χ3n) is 6.74. The fourth-order valence-corrected chi connectivity index (χ4v) is 5.20. The van der Waals surface area contributed by atoms with Crippen molar-refractivity contribution >= 4 is 5.91 Å². The maximum Gasteiger partial charge on any atom is 0.230 e. The second-order valence-electron chi connectivity index (χ2n) is 8.51. The van der Waals surface area contributed by atoms with E-state index in [1.807, 2.05) is 12.4 Å². The summed E-state index contributed by atoms with van der Waals surface area (Å²) in [5.41, 5.74) is 1.05. The zero-order valence-electron chi connectivity index (χ0n) is 16.1. The summed E-state index contributed by atoms with van der Waals surface area (Å²) in [5.74, 6) is 1.98. The Kier molecular flexibility index (Phi) is 5.25. The van der Waals surface area contributed by atoms with Crippen molar-refractivity contribution in [3.8, 4) is 0 Å². The van der Waals surface area contributed by atoms with Crippen LogP contribution in [-0.4, -0.2) is 51.9 Å². The van der Waals surface area contributed by atoms with Crippen molar-refractivity contribution in [3.63, 3.8) is 0 Å². The zero-order chi connectivity index (χ0) is 18.0. The van der Waals surface area contributed by atoms with E-state index in [2.05, 4.69) is 26.7 Å². The van der Waals surface area contributed by atoms with Crippen molar-refractivity contribution < 1.29 is 4.79 Å². The SMILES string of the molecule is CCN1CCC[C@]2(CCN(Cc3cnc(C4CCCCC4)nc3)C2)C1=O. The summed E-state index contributed by atoms with van der Waals surface area (Å²) in [6.07, 6.45) is 13.7. The second-order valence-corrected chi connectivity index (χ2v) is 8.51. The van der Waals surface area contributed by atoms with Gasteiger partial charge in [0.1, 0.15) is 5.82 Å². The minimum atomic E-state index is -0.128. The van der Waals surface area contributed by atoms with Gasteiger partial charge in [0.25, 0.3) is 0 Å². The molecule has 142 valence electrons. The third-order valence-corrected chi connectivity index (χ3v) is 6.74. The van der Waals surface area contributed by atoms with E-state index in [1.54, 1.807) is 0 Å². The number of rotatable bonds is 4. The fraction of sp³-hybridized carbons (Fsp3) is 0.762. The molecule has 1 atom stereocenters. The Morgan fingerprint density at radius 3 is 2.58 bits per heavy atom. The van der Waals surface area contributed by atoms with Crippen LogP contribution in [0.3, 0.4) is 0 Å². The smallest absolute Gasteiger partial charge is 0.230 e. The van der Waals surface area contributed by atoms with E-state index in [9.17, 15) is 4.79 Å². The van der Waals surface area contributed by atoms with Gasteiger partial charge in [-0.3, -0.25) is 9.69 Å². The van der Waals surface area contributed by atoms with Crippen molar-refractivity contribution in [2.45, 2.75) is 70.8 Å². The quantitative estimate of drug-likeness (QED) is 0.830. The van der Waals surface area contributed by atoms with Crippen LogP contribution in [0, 0.1) is 5.41 Å². The predicted octanol–water partition coefficient (Wildman–Crippen LogP) is 3.36. The molecule has 1 amide bonds. The standard InChI is InChI=1S/C21H32N4O/c1-2-25-11-6-9-21(20(25)26)10-12-24(16-21)15-17-13-22-19(23-14-17)18-7-4-3-5-8-18/h13-14,18H,2-12,15-16H2,1H3/t21-/m1/s1. The van der Waals surface area contributed by atoms with E-state index in [0.29, 0.717) is 11.8 Å². The average Bonchev–Trinajstić information content (AvgIpc) is 3.09. The molecular formula is C21H32N4O. The summed E-state index contributed by atoms with van der Waals surface area (Å²) in [7, 11) is 0. The molecule has 0 aromatic carbocycles. The molecule has 5 heteroatoms. The minimum Gasteiger partial charge on any atom is -0.342 e. The molecule has 2 saturated heterocycles. The molecule has 1 aliphatic carbocycles. The maximum atomic E-state index is 12.9. The average molecular weight is 357 g/mol. The summed E-state index contributed by atoms with van der Waals surface area (Å²) in [5, 5.41) is 0. The largest absolute Gasteiger partial charge is 0.342 e. The van der Waals surface area contributed by atoms with Gasteiger partial charge in [0.05, 0.1) is 5.41 Å². The fourth-order valence-electron chi connectivity index (χ4n) is 5.20. The molecule has 3 fully saturated rings. The molecule has 5 nitrogen and oxygen atoms in total. The first-order valence-electron chi connectivity index (χ1n) is 10.5. The topological polar surface area (TPSA) is 49.3 Å². The lowest BCUT2D eigenvalue weighted by Gasteiger charge is -2.39. The number of nitrogens with zero attached hydrogens (tertiary/aromatic N) is 4. The highest BCUT2D eigenvalue weighted by Crippen LogP contribution is 2.40. The summed E-state index contributed by atoms with van der Waals surface area (Å²) >= 11 is 0. The van der Waals surface area contributed by atoms with Crippen LogP contribution < -0.4 is 0 Å². The Balaban J connectivity index is 1.37. The molecule has 3 aliphatic rings. The van der Waals surface area contributed by atoms with Crippen LogP contribution in [0.5, 0.6) is 0 Å². The number of amides is 1. The van der Waals surface area contributed by atoms with Crippen LogP contribution >= 0.6 is 0 Å². The molecule has 4 rings (SSSR count). The van der Waals surface area contributed by atoms with Crippen molar-refractivity contribution in [1.82, 2.24) is 19.8 Å². The van der Waals surface area contributed by atoms with Crippen molar-refractivity contribution in [2.24, 2.45) is 5.41 Å². The molecule has 2 aliphatic heterocycles. The lowest BCUT2D eigenvalue weighted by molar-refractivity contribution is -0.145. The van der Waals surface area contributed by atoms with Crippen molar-refractivity contribution in [1.29, 1.82) is 0 Å². The summed E-state index contributed by atoms with van der Waals surface area (Å²) in [6, 6.07) is 0. The minimum absolute atomic E-state index is 0.128. The van der Waals surface area contributed by atoms with E-state index in [4.69, 9.17) is 0 Å². The Bertz CT molecular complexity index is 625. The highest BCUT2D eigenvalue weighted by molar-refractivity contribution is 5.84. The van der Waals surface area contributed by atoms with Gasteiger partial charge in [-0.05, 0) is 45.6 Å². The maximum absolute atomic E-state index is 12.9. The van der Waals surface area contributed by atoms with Crippen LogP contribution in [0.1, 0.15) is 75.6 Å². The van der Waals surface area contributed by atoms with Crippen LogP contribution in [0.25, 0.3) is 0 Å². The Morgan fingerprint density at radius 2 is 1.85 bits per heavy atom. The molecule has 26 heavy (non-hydrogen) atoms. The summed E-state index contributed by atoms with van der Waals surface area (Å²) in [6.45, 7) is 6.64. The van der Waals surface area contributed by atoms with Gasteiger partial charge in [-0.1, -0.05) is 19.3 Å². The van der Waals surface area contributed by atoms with E-state index in [1.165, 1.54) is 37.7 Å². The van der Waals surface area contributed by atoms with Gasteiger partial charge in [0, 0.05) is 50.1 Å². The van der Waals surface area contributed by atoms with Crippen LogP contribution in [-0.2, 0) is 11.3 Å². The second kappa shape index (κ2) is 7.63. The summed E-state index contributed by atoms with van der Waals surface area (Å²) < 4.78 is 0. The Labute approximate surface area is 157 Å². The van der Waals surface area contributed by atoms with Gasteiger partial charge >= 0.3 is 0 Å². The van der Waals surface area contributed by atoms with Crippen LogP contribution in [0.15, 0.2) is 12.4 Å². The van der Waals surface area contributed by atoms with E-state index >= 15 is 0 Å². The highest BCUT2D eigenvalue weighted by Gasteiger charge is 2.47. The normalized spacial score (nSPS) is 28.2. The highest BCUT2D eigenvalue weighted by atomic mass is 16.2. The molecule has 1 aromatic heterocycles. The number of carbonyl (C=O) groups excluding carboxylic acids is 1. The molecule has 0 bridgehead atoms. The molecule has 3 heterocycles. The monoisotopic (exact) mass is 356 g/mol. The van der Waals surface area contributed by atoms with Gasteiger partial charge in [-0.2, -0.15) is 0 Å². The number of aromatic nitrogens is 2. The van der Waals surface area contributed by atoms with Gasteiger partial charge in [0.2, 0.25) is 5.91 Å². The third kappa shape index (κ3) is 3.51. The molecule has 1 spiro atoms. The first-order valence-corrected chi connectivity index (χ1v) is 10.5. The Hall–Kier alpha value is -1.49. The first kappa shape index (κ1) is 17.9. The van der Waals surface area contributed by atoms with E-state index in [0.717, 1.165) is 57.8 Å². The molecule has 0 radical (unpaired) electrons. The van der Waals surface area contributed by atoms with Crippen LogP contribution in [0.4, 0.5) is 0 Å². The molecule has 1 saturated carbocycles. The van der Waals surface area contributed by atoms with E-state index < -0.39 is 0 Å². The lowest BCUT2D eigenvalue weighted by Crippen LogP contribution is -2.49. The van der Waals surface area contributed by atoms with Crippen molar-refractivity contribution in [3.05, 3.63) is 23.8 Å².